The highest BCUT2D eigenvalue weighted by Crippen LogP contribution is 2.23. The number of carbonyl (C=O) groups excluding carboxylic acids is 1. The van der Waals surface area contributed by atoms with Crippen molar-refractivity contribution in [1.82, 2.24) is 25.1 Å². The van der Waals surface area contributed by atoms with Crippen LogP contribution in [0.4, 0.5) is 0 Å². The van der Waals surface area contributed by atoms with Crippen molar-refractivity contribution in [2.45, 2.75) is 12.3 Å². The van der Waals surface area contributed by atoms with Crippen LogP contribution in [-0.2, 0) is 17.1 Å². The maximum atomic E-state index is 11.9. The van der Waals surface area contributed by atoms with Crippen LogP contribution in [-0.4, -0.2) is 49.0 Å². The number of carboxylic acids is 1. The van der Waals surface area contributed by atoms with Crippen molar-refractivity contribution >= 4 is 23.6 Å². The van der Waals surface area contributed by atoms with Crippen LogP contribution in [0.3, 0.4) is 0 Å². The minimum Gasteiger partial charge on any atom is -0.481 e. The highest BCUT2D eigenvalue weighted by atomic mass is 32.2. The molecule has 9 heteroatoms. The van der Waals surface area contributed by atoms with E-state index in [-0.39, 0.29) is 11.7 Å². The predicted molar refractivity (Wildman–Crippen MR) is 105 cm³/mol. The average Bonchev–Trinajstić information content (AvgIpc) is 3.14. The van der Waals surface area contributed by atoms with Crippen LogP contribution in [0, 0.1) is 0 Å². The summed E-state index contributed by atoms with van der Waals surface area (Å²) in [5.41, 5.74) is 3.72. The molecule has 4 rings (SSSR count). The number of hydrogen-bond donors (Lipinski definition) is 2. The number of carbonyl (C=O) groups is 2. The number of nitrogens with zero attached hydrogens (tertiary/aromatic N) is 4. The third kappa shape index (κ3) is 3.89. The van der Waals surface area contributed by atoms with Crippen LogP contribution in [0.15, 0.2) is 42.6 Å². The minimum atomic E-state index is -0.815. The normalized spacial score (nSPS) is 13.1. The van der Waals surface area contributed by atoms with Crippen molar-refractivity contribution < 1.29 is 14.7 Å². The van der Waals surface area contributed by atoms with Gasteiger partial charge in [0.05, 0.1) is 18.0 Å². The summed E-state index contributed by atoms with van der Waals surface area (Å²) in [7, 11) is 0. The molecular formula is C19H17N5O3S. The first-order chi connectivity index (χ1) is 13.6. The van der Waals surface area contributed by atoms with Gasteiger partial charge in [-0.1, -0.05) is 24.3 Å². The van der Waals surface area contributed by atoms with Crippen LogP contribution in [0.1, 0.15) is 16.1 Å². The molecule has 3 aromatic rings. The van der Waals surface area contributed by atoms with Crippen LogP contribution in [0.2, 0.25) is 0 Å². The Labute approximate surface area is 165 Å². The minimum absolute atomic E-state index is 0.0829. The van der Waals surface area contributed by atoms with Gasteiger partial charge in [0, 0.05) is 24.1 Å². The Hall–Kier alpha value is -3.20. The Kier molecular flexibility index (Phi) is 5.07. The molecule has 0 radical (unpaired) electrons. The van der Waals surface area contributed by atoms with Crippen LogP contribution < -0.4 is 5.32 Å². The molecule has 0 fully saturated rings. The highest BCUT2D eigenvalue weighted by molar-refractivity contribution is 7.99. The van der Waals surface area contributed by atoms with E-state index in [1.54, 1.807) is 23.0 Å². The number of hydrogen-bond acceptors (Lipinski definition) is 6. The number of carboxylic acid groups (broad SMARTS) is 1. The van der Waals surface area contributed by atoms with E-state index in [0.29, 0.717) is 41.7 Å². The summed E-state index contributed by atoms with van der Waals surface area (Å²) < 4.78 is 1.69. The monoisotopic (exact) mass is 395 g/mol. The molecule has 0 bridgehead atoms. The summed E-state index contributed by atoms with van der Waals surface area (Å²) in [6.07, 6.45) is 1.67. The average molecular weight is 395 g/mol. The molecule has 0 spiro atoms. The lowest BCUT2D eigenvalue weighted by Gasteiger charge is -2.13. The third-order valence-corrected chi connectivity index (χ3v) is 5.23. The van der Waals surface area contributed by atoms with Crippen molar-refractivity contribution in [3.05, 3.63) is 53.9 Å². The fourth-order valence-corrected chi connectivity index (χ4v) is 3.61. The molecule has 0 saturated carbocycles. The van der Waals surface area contributed by atoms with Gasteiger partial charge in [-0.05, 0) is 17.7 Å². The molecule has 1 amide bonds. The molecule has 0 unspecified atom stereocenters. The number of aliphatic carboxylic acids is 1. The van der Waals surface area contributed by atoms with Crippen molar-refractivity contribution in [2.75, 3.05) is 12.3 Å². The van der Waals surface area contributed by atoms with E-state index >= 15 is 0 Å². The smallest absolute Gasteiger partial charge is 0.313 e. The van der Waals surface area contributed by atoms with E-state index < -0.39 is 5.97 Å². The Morgan fingerprint density at radius 3 is 2.79 bits per heavy atom. The third-order valence-electron chi connectivity index (χ3n) is 4.25. The fraction of sp³-hybridized carbons (Fsp3) is 0.211. The molecular weight excluding hydrogens is 378 g/mol. The summed E-state index contributed by atoms with van der Waals surface area (Å²) in [4.78, 5) is 31.5. The van der Waals surface area contributed by atoms with Gasteiger partial charge in [-0.3, -0.25) is 14.3 Å². The second-order valence-electron chi connectivity index (χ2n) is 6.24. The van der Waals surface area contributed by atoms with Gasteiger partial charge in [0.2, 0.25) is 0 Å². The molecule has 8 nitrogen and oxygen atoms in total. The Morgan fingerprint density at radius 2 is 2.04 bits per heavy atom. The standard InChI is InChI=1S/C19H17N5O3S/c25-17(26)11-28-10-12-1-3-13(4-2-12)18-20-6-5-14(22-18)15-9-16-19(27)21-7-8-24(16)23-15/h1-6,9H,7-8,10-11H2,(H,21,27)(H,25,26). The molecule has 0 aliphatic carbocycles. The predicted octanol–water partition coefficient (Wildman–Crippen LogP) is 2.07. The number of aromatic nitrogens is 4. The Morgan fingerprint density at radius 1 is 1.21 bits per heavy atom. The summed E-state index contributed by atoms with van der Waals surface area (Å²) in [5.74, 6) is 0.341. The first kappa shape index (κ1) is 18.2. The maximum Gasteiger partial charge on any atom is 0.313 e. The van der Waals surface area contributed by atoms with Gasteiger partial charge in [0.15, 0.2) is 5.82 Å². The molecule has 142 valence electrons. The number of nitrogens with one attached hydrogen (secondary N) is 1. The van der Waals surface area contributed by atoms with E-state index in [4.69, 9.17) is 5.11 Å². The first-order valence-electron chi connectivity index (χ1n) is 8.68. The molecule has 1 aromatic carbocycles. The molecule has 1 aliphatic heterocycles. The zero-order valence-electron chi connectivity index (χ0n) is 14.8. The molecule has 1 aliphatic rings. The molecule has 0 atom stereocenters. The van der Waals surface area contributed by atoms with Crippen LogP contribution in [0.5, 0.6) is 0 Å². The topological polar surface area (TPSA) is 110 Å². The SMILES string of the molecule is O=C(O)CSCc1ccc(-c2nccc(-c3cc4n(n3)CCNC4=O)n2)cc1. The summed E-state index contributed by atoms with van der Waals surface area (Å²) in [5, 5.41) is 16.0. The largest absolute Gasteiger partial charge is 0.481 e. The molecule has 0 saturated heterocycles. The number of rotatable bonds is 6. The highest BCUT2D eigenvalue weighted by Gasteiger charge is 2.20. The molecule has 2 N–H and O–H groups in total. The van der Waals surface area contributed by atoms with Gasteiger partial charge in [-0.2, -0.15) is 5.10 Å². The van der Waals surface area contributed by atoms with Crippen molar-refractivity contribution in [3.8, 4) is 22.8 Å². The first-order valence-corrected chi connectivity index (χ1v) is 9.84. The lowest BCUT2D eigenvalue weighted by atomic mass is 10.1. The second kappa shape index (κ2) is 7.81. The van der Waals surface area contributed by atoms with E-state index in [1.165, 1.54) is 11.8 Å². The summed E-state index contributed by atoms with van der Waals surface area (Å²) in [6.45, 7) is 1.21. The molecule has 28 heavy (non-hydrogen) atoms. The summed E-state index contributed by atoms with van der Waals surface area (Å²) >= 11 is 1.35. The lowest BCUT2D eigenvalue weighted by Crippen LogP contribution is -2.35. The Balaban J connectivity index is 1.54. The van der Waals surface area contributed by atoms with E-state index in [9.17, 15) is 9.59 Å². The van der Waals surface area contributed by atoms with Crippen LogP contribution in [0.25, 0.3) is 22.8 Å². The van der Waals surface area contributed by atoms with E-state index in [1.807, 2.05) is 24.3 Å². The van der Waals surface area contributed by atoms with Crippen LogP contribution >= 0.6 is 11.8 Å². The zero-order chi connectivity index (χ0) is 19.5. The van der Waals surface area contributed by atoms with Gasteiger partial charge < -0.3 is 10.4 Å². The van der Waals surface area contributed by atoms with E-state index in [0.717, 1.165) is 11.1 Å². The zero-order valence-corrected chi connectivity index (χ0v) is 15.6. The molecule has 2 aromatic heterocycles. The fourth-order valence-electron chi connectivity index (χ4n) is 2.91. The maximum absolute atomic E-state index is 11.9. The quantitative estimate of drug-likeness (QED) is 0.657. The Bertz CT molecular complexity index is 1030. The molecule has 3 heterocycles. The lowest BCUT2D eigenvalue weighted by molar-refractivity contribution is -0.133. The number of fused-ring (bicyclic) bond motifs is 1. The van der Waals surface area contributed by atoms with Gasteiger partial charge in [0.1, 0.15) is 11.4 Å². The number of thioether (sulfide) groups is 1. The van der Waals surface area contributed by atoms with Crippen molar-refractivity contribution in [3.63, 3.8) is 0 Å². The number of amides is 1. The number of benzene rings is 1. The summed E-state index contributed by atoms with van der Waals surface area (Å²) in [6, 6.07) is 11.2. The van der Waals surface area contributed by atoms with Gasteiger partial charge in [-0.25, -0.2) is 9.97 Å². The van der Waals surface area contributed by atoms with Crippen molar-refractivity contribution in [1.29, 1.82) is 0 Å². The van der Waals surface area contributed by atoms with Gasteiger partial charge in [-0.15, -0.1) is 11.8 Å². The van der Waals surface area contributed by atoms with Gasteiger partial charge >= 0.3 is 5.97 Å². The van der Waals surface area contributed by atoms with Crippen molar-refractivity contribution in [2.24, 2.45) is 0 Å². The van der Waals surface area contributed by atoms with Gasteiger partial charge in [0.25, 0.3) is 5.91 Å². The second-order valence-corrected chi connectivity index (χ2v) is 7.23. The van der Waals surface area contributed by atoms with E-state index in [2.05, 4.69) is 20.4 Å².